The van der Waals surface area contributed by atoms with Crippen LogP contribution in [-0.2, 0) is 0 Å². The van der Waals surface area contributed by atoms with Crippen molar-refractivity contribution in [2.24, 2.45) is 0 Å². The molecular formula is C14H15BrO3S. The van der Waals surface area contributed by atoms with Crippen LogP contribution in [-0.4, -0.2) is 19.3 Å². The molecule has 0 radical (unpaired) electrons. The number of methoxy groups -OCH3 is 2. The molecule has 1 aromatic heterocycles. The van der Waals surface area contributed by atoms with E-state index in [2.05, 4.69) is 15.9 Å². The number of ether oxygens (including phenoxy) is 2. The summed E-state index contributed by atoms with van der Waals surface area (Å²) in [5.74, 6) is 1.23. The normalized spacial score (nSPS) is 12.3. The largest absolute Gasteiger partial charge is 0.496 e. The van der Waals surface area contributed by atoms with E-state index in [1.54, 1.807) is 25.6 Å². The zero-order valence-electron chi connectivity index (χ0n) is 10.9. The summed E-state index contributed by atoms with van der Waals surface area (Å²) in [4.78, 5) is 1.98. The quantitative estimate of drug-likeness (QED) is 0.915. The first-order valence-corrected chi connectivity index (χ1v) is 7.34. The smallest absolute Gasteiger partial charge is 0.128 e. The molecule has 19 heavy (non-hydrogen) atoms. The molecule has 0 spiro atoms. The molecule has 1 atom stereocenters. The van der Waals surface area contributed by atoms with Crippen molar-refractivity contribution >= 4 is 27.3 Å². The molecule has 1 unspecified atom stereocenters. The van der Waals surface area contributed by atoms with Gasteiger partial charge >= 0.3 is 0 Å². The van der Waals surface area contributed by atoms with E-state index < -0.39 is 6.10 Å². The Morgan fingerprint density at radius 3 is 2.21 bits per heavy atom. The highest BCUT2D eigenvalue weighted by Gasteiger charge is 2.23. The van der Waals surface area contributed by atoms with Crippen molar-refractivity contribution in [1.82, 2.24) is 0 Å². The van der Waals surface area contributed by atoms with Crippen LogP contribution in [0.25, 0.3) is 0 Å². The van der Waals surface area contributed by atoms with Gasteiger partial charge in [0, 0.05) is 9.35 Å². The minimum Gasteiger partial charge on any atom is -0.496 e. The SMILES string of the molecule is COc1cccc(OC)c1C(O)c1sc(C)cc1Br. The predicted octanol–water partition coefficient (Wildman–Crippen LogP) is 3.92. The van der Waals surface area contributed by atoms with Crippen molar-refractivity contribution in [1.29, 1.82) is 0 Å². The fourth-order valence-corrected chi connectivity index (χ4v) is 3.83. The molecule has 0 saturated heterocycles. The summed E-state index contributed by atoms with van der Waals surface area (Å²) >= 11 is 5.02. The van der Waals surface area contributed by atoms with Gasteiger partial charge in [0.05, 0.1) is 24.7 Å². The summed E-state index contributed by atoms with van der Waals surface area (Å²) in [6.45, 7) is 2.01. The molecule has 0 amide bonds. The minimum atomic E-state index is -0.779. The van der Waals surface area contributed by atoms with Crippen LogP contribution in [0.5, 0.6) is 11.5 Å². The highest BCUT2D eigenvalue weighted by molar-refractivity contribution is 9.10. The van der Waals surface area contributed by atoms with Crippen LogP contribution in [0.1, 0.15) is 21.4 Å². The molecule has 5 heteroatoms. The van der Waals surface area contributed by atoms with Crippen molar-refractivity contribution in [3.63, 3.8) is 0 Å². The van der Waals surface area contributed by atoms with Crippen molar-refractivity contribution in [2.45, 2.75) is 13.0 Å². The van der Waals surface area contributed by atoms with Gasteiger partial charge < -0.3 is 14.6 Å². The van der Waals surface area contributed by atoms with Crippen LogP contribution >= 0.6 is 27.3 Å². The van der Waals surface area contributed by atoms with Gasteiger partial charge in [0.25, 0.3) is 0 Å². The molecule has 2 rings (SSSR count). The number of aliphatic hydroxyl groups excluding tert-OH is 1. The van der Waals surface area contributed by atoms with Crippen molar-refractivity contribution < 1.29 is 14.6 Å². The van der Waals surface area contributed by atoms with Gasteiger partial charge in [-0.3, -0.25) is 0 Å². The van der Waals surface area contributed by atoms with E-state index in [1.807, 2.05) is 31.2 Å². The molecule has 0 aliphatic heterocycles. The van der Waals surface area contributed by atoms with E-state index in [-0.39, 0.29) is 0 Å². The van der Waals surface area contributed by atoms with Crippen molar-refractivity contribution in [3.05, 3.63) is 44.1 Å². The van der Waals surface area contributed by atoms with Gasteiger partial charge in [0.1, 0.15) is 17.6 Å². The van der Waals surface area contributed by atoms with Gasteiger partial charge in [-0.25, -0.2) is 0 Å². The molecular weight excluding hydrogens is 328 g/mol. The third-order valence-electron chi connectivity index (χ3n) is 2.82. The Balaban J connectivity index is 2.54. The maximum absolute atomic E-state index is 10.6. The Kier molecular flexibility index (Phi) is 4.50. The van der Waals surface area contributed by atoms with Gasteiger partial charge in [-0.2, -0.15) is 0 Å². The molecule has 0 bridgehead atoms. The highest BCUT2D eigenvalue weighted by atomic mass is 79.9. The lowest BCUT2D eigenvalue weighted by Gasteiger charge is -2.17. The summed E-state index contributed by atoms with van der Waals surface area (Å²) < 4.78 is 11.6. The van der Waals surface area contributed by atoms with E-state index in [0.29, 0.717) is 17.1 Å². The topological polar surface area (TPSA) is 38.7 Å². The predicted molar refractivity (Wildman–Crippen MR) is 80.4 cm³/mol. The Hall–Kier alpha value is -1.04. The standard InChI is InChI=1S/C14H15BrO3S/c1-8-7-9(15)14(19-8)13(16)12-10(17-2)5-4-6-11(12)18-3/h4-7,13,16H,1-3H3. The Labute approximate surface area is 124 Å². The van der Waals surface area contributed by atoms with Gasteiger partial charge in [-0.1, -0.05) is 6.07 Å². The van der Waals surface area contributed by atoms with E-state index in [1.165, 1.54) is 0 Å². The molecule has 0 saturated carbocycles. The molecule has 102 valence electrons. The van der Waals surface area contributed by atoms with Crippen LogP contribution < -0.4 is 9.47 Å². The van der Waals surface area contributed by atoms with E-state index in [9.17, 15) is 5.11 Å². The second kappa shape index (κ2) is 5.94. The summed E-state index contributed by atoms with van der Waals surface area (Å²) in [5, 5.41) is 10.6. The summed E-state index contributed by atoms with van der Waals surface area (Å²) in [5.41, 5.74) is 0.648. The molecule has 1 N–H and O–H groups in total. The lowest BCUT2D eigenvalue weighted by Crippen LogP contribution is -2.04. The first kappa shape index (κ1) is 14.4. The number of benzene rings is 1. The number of thiophene rings is 1. The van der Waals surface area contributed by atoms with E-state index in [4.69, 9.17) is 9.47 Å². The maximum Gasteiger partial charge on any atom is 0.128 e. The second-order valence-corrected chi connectivity index (χ2v) is 6.19. The molecule has 2 aromatic rings. The van der Waals surface area contributed by atoms with Crippen molar-refractivity contribution in [2.75, 3.05) is 14.2 Å². The van der Waals surface area contributed by atoms with Gasteiger partial charge in [0.2, 0.25) is 0 Å². The van der Waals surface area contributed by atoms with Crippen molar-refractivity contribution in [3.8, 4) is 11.5 Å². The maximum atomic E-state index is 10.6. The van der Waals surface area contributed by atoms with Crippen LogP contribution in [0.15, 0.2) is 28.7 Å². The number of aryl methyl sites for hydroxylation is 1. The molecule has 0 aliphatic rings. The monoisotopic (exact) mass is 342 g/mol. The summed E-state index contributed by atoms with van der Waals surface area (Å²) in [6, 6.07) is 7.46. The third kappa shape index (κ3) is 2.78. The Morgan fingerprint density at radius 2 is 1.79 bits per heavy atom. The zero-order chi connectivity index (χ0) is 14.0. The molecule has 1 heterocycles. The third-order valence-corrected chi connectivity index (χ3v) is 4.85. The van der Waals surface area contributed by atoms with Gasteiger partial charge in [0.15, 0.2) is 0 Å². The Morgan fingerprint density at radius 1 is 1.21 bits per heavy atom. The lowest BCUT2D eigenvalue weighted by molar-refractivity contribution is 0.211. The molecule has 0 aliphatic carbocycles. The van der Waals surface area contributed by atoms with Crippen LogP contribution in [0.3, 0.4) is 0 Å². The highest BCUT2D eigenvalue weighted by Crippen LogP contribution is 2.42. The number of rotatable bonds is 4. The molecule has 3 nitrogen and oxygen atoms in total. The van der Waals surface area contributed by atoms with Crippen LogP contribution in [0.4, 0.5) is 0 Å². The summed E-state index contributed by atoms with van der Waals surface area (Å²) in [6.07, 6.45) is -0.779. The minimum absolute atomic E-state index is 0.616. The first-order valence-electron chi connectivity index (χ1n) is 5.73. The number of aliphatic hydroxyl groups is 1. The average molecular weight is 343 g/mol. The number of halogens is 1. The van der Waals surface area contributed by atoms with Crippen LogP contribution in [0, 0.1) is 6.92 Å². The average Bonchev–Trinajstić information content (AvgIpc) is 2.75. The van der Waals surface area contributed by atoms with E-state index in [0.717, 1.165) is 14.2 Å². The van der Waals surface area contributed by atoms with Gasteiger partial charge in [-0.05, 0) is 41.1 Å². The molecule has 1 aromatic carbocycles. The summed E-state index contributed by atoms with van der Waals surface area (Å²) in [7, 11) is 3.17. The lowest BCUT2D eigenvalue weighted by atomic mass is 10.1. The number of hydrogen-bond acceptors (Lipinski definition) is 4. The fourth-order valence-electron chi connectivity index (χ4n) is 1.97. The van der Waals surface area contributed by atoms with E-state index >= 15 is 0 Å². The van der Waals surface area contributed by atoms with Crippen LogP contribution in [0.2, 0.25) is 0 Å². The van der Waals surface area contributed by atoms with Gasteiger partial charge in [-0.15, -0.1) is 11.3 Å². The fraction of sp³-hybridized carbons (Fsp3) is 0.286. The second-order valence-electron chi connectivity index (χ2n) is 4.05. The number of hydrogen-bond donors (Lipinski definition) is 1. The molecule has 0 fully saturated rings. The first-order chi connectivity index (χ1) is 9.08. The zero-order valence-corrected chi connectivity index (χ0v) is 13.3. The Bertz CT molecular complexity index is 558.